The van der Waals surface area contributed by atoms with E-state index in [1.807, 2.05) is 11.8 Å². The zero-order valence-corrected chi connectivity index (χ0v) is 17.6. The second kappa shape index (κ2) is 12.2. The maximum atomic E-state index is 12.3. The van der Waals surface area contributed by atoms with E-state index < -0.39 is 0 Å². The Kier molecular flexibility index (Phi) is 9.93. The smallest absolute Gasteiger partial charge is 0.317 e. The van der Waals surface area contributed by atoms with E-state index in [2.05, 4.69) is 32.3 Å². The van der Waals surface area contributed by atoms with Crippen LogP contribution in [0.3, 0.4) is 0 Å². The number of carbonyl (C=O) groups is 2. The molecule has 3 heterocycles. The summed E-state index contributed by atoms with van der Waals surface area (Å²) in [4.78, 5) is 29.7. The summed E-state index contributed by atoms with van der Waals surface area (Å²) in [6.45, 7) is 6.74. The van der Waals surface area contributed by atoms with Crippen LogP contribution in [-0.4, -0.2) is 82.7 Å². The van der Waals surface area contributed by atoms with Crippen LogP contribution >= 0.6 is 23.1 Å². The molecule has 2 amide bonds. The Labute approximate surface area is 169 Å². The molecule has 0 saturated carbocycles. The topological polar surface area (TPSA) is 85.8 Å². The number of carboxylic acid groups (broad SMARTS) is 1. The first kappa shape index (κ1) is 22.0. The van der Waals surface area contributed by atoms with Gasteiger partial charge in [-0.25, -0.2) is 9.78 Å². The third-order valence-corrected chi connectivity index (χ3v) is 6.79. The summed E-state index contributed by atoms with van der Waals surface area (Å²) >= 11 is 3.77. The summed E-state index contributed by atoms with van der Waals surface area (Å²) in [5.74, 6) is 2.53. The number of hydrogen-bond acceptors (Lipinski definition) is 6. The van der Waals surface area contributed by atoms with Gasteiger partial charge < -0.3 is 15.3 Å². The summed E-state index contributed by atoms with van der Waals surface area (Å²) in [5.41, 5.74) is 1.09. The lowest BCUT2D eigenvalue weighted by Crippen LogP contribution is -2.51. The number of nitrogens with zero attached hydrogens (tertiary/aromatic N) is 3. The molecule has 152 valence electrons. The molecule has 0 aliphatic carbocycles. The van der Waals surface area contributed by atoms with Crippen LogP contribution in [0.5, 0.6) is 0 Å². The van der Waals surface area contributed by atoms with Gasteiger partial charge >= 0.3 is 6.03 Å². The number of hydrogen-bond donors (Lipinski definition) is 2. The molecule has 0 unspecified atom stereocenters. The van der Waals surface area contributed by atoms with E-state index in [9.17, 15) is 4.79 Å². The van der Waals surface area contributed by atoms with Crippen LogP contribution in [0.25, 0.3) is 0 Å². The molecule has 7 nitrogen and oxygen atoms in total. The maximum absolute atomic E-state index is 12.3. The molecule has 0 aromatic carbocycles. The largest absolute Gasteiger partial charge is 0.483 e. The van der Waals surface area contributed by atoms with Crippen molar-refractivity contribution in [2.45, 2.75) is 38.6 Å². The molecule has 9 heteroatoms. The lowest BCUT2D eigenvalue weighted by Gasteiger charge is -2.40. The first-order chi connectivity index (χ1) is 13.1. The van der Waals surface area contributed by atoms with Crippen molar-refractivity contribution in [2.24, 2.45) is 0 Å². The molecule has 2 aliphatic heterocycles. The van der Waals surface area contributed by atoms with Crippen molar-refractivity contribution in [3.8, 4) is 0 Å². The fraction of sp³-hybridized carbons (Fsp3) is 0.722. The number of aromatic nitrogens is 1. The van der Waals surface area contributed by atoms with Gasteiger partial charge in [0.1, 0.15) is 0 Å². The molecule has 0 radical (unpaired) electrons. The van der Waals surface area contributed by atoms with Crippen molar-refractivity contribution in [1.82, 2.24) is 20.1 Å². The highest BCUT2D eigenvalue weighted by atomic mass is 32.2. The Bertz CT molecular complexity index is 571. The molecular formula is C18H30N4O3S2. The minimum atomic E-state index is -0.250. The number of urea groups is 1. The summed E-state index contributed by atoms with van der Waals surface area (Å²) in [7, 11) is 0. The fourth-order valence-electron chi connectivity index (χ4n) is 3.44. The minimum absolute atomic E-state index is 0.109. The number of piperidine rings is 1. The Morgan fingerprint density at radius 2 is 2.00 bits per heavy atom. The number of amides is 2. The van der Waals surface area contributed by atoms with E-state index in [0.717, 1.165) is 51.0 Å². The number of thiazole rings is 1. The number of thioether (sulfide) groups is 1. The number of aryl methyl sites for hydroxylation is 2. The third-order valence-electron chi connectivity index (χ3n) is 4.82. The molecule has 27 heavy (non-hydrogen) atoms. The van der Waals surface area contributed by atoms with Crippen LogP contribution in [0.4, 0.5) is 4.79 Å². The van der Waals surface area contributed by atoms with E-state index in [1.165, 1.54) is 29.6 Å². The van der Waals surface area contributed by atoms with Crippen LogP contribution in [0.15, 0.2) is 5.38 Å². The highest BCUT2D eigenvalue weighted by Gasteiger charge is 2.27. The molecule has 0 atom stereocenters. The first-order valence-electron chi connectivity index (χ1n) is 9.47. The molecule has 2 saturated heterocycles. The van der Waals surface area contributed by atoms with Gasteiger partial charge in [0.05, 0.1) is 5.01 Å². The van der Waals surface area contributed by atoms with Gasteiger partial charge in [0.2, 0.25) is 0 Å². The zero-order chi connectivity index (χ0) is 19.5. The number of rotatable bonds is 5. The quantitative estimate of drug-likeness (QED) is 0.568. The third kappa shape index (κ3) is 7.67. The van der Waals surface area contributed by atoms with Crippen molar-refractivity contribution < 1.29 is 14.7 Å². The summed E-state index contributed by atoms with van der Waals surface area (Å²) in [6.07, 6.45) is 4.15. The SMILES string of the molecule is Cc1csc(CCCNC(=O)N2CCC(N3CCSCC3)CC2)n1.O=CO. The molecule has 0 bridgehead atoms. The maximum Gasteiger partial charge on any atom is 0.317 e. The minimum Gasteiger partial charge on any atom is -0.483 e. The molecule has 2 N–H and O–H groups in total. The van der Waals surface area contributed by atoms with E-state index in [4.69, 9.17) is 9.90 Å². The first-order valence-corrected chi connectivity index (χ1v) is 11.5. The van der Waals surface area contributed by atoms with Gasteiger partial charge in [0.15, 0.2) is 0 Å². The molecule has 0 spiro atoms. The van der Waals surface area contributed by atoms with Gasteiger partial charge in [-0.2, -0.15) is 11.8 Å². The Hall–Kier alpha value is -1.32. The molecule has 2 fully saturated rings. The summed E-state index contributed by atoms with van der Waals surface area (Å²) in [5, 5.41) is 13.2. The van der Waals surface area contributed by atoms with Gasteiger partial charge in [-0.1, -0.05) is 0 Å². The highest BCUT2D eigenvalue weighted by molar-refractivity contribution is 7.99. The zero-order valence-electron chi connectivity index (χ0n) is 15.9. The second-order valence-electron chi connectivity index (χ2n) is 6.69. The van der Waals surface area contributed by atoms with Gasteiger partial charge in [-0.15, -0.1) is 11.3 Å². The molecule has 1 aromatic rings. The number of likely N-dealkylation sites (tertiary alicyclic amines) is 1. The lowest BCUT2D eigenvalue weighted by molar-refractivity contribution is -0.122. The Morgan fingerprint density at radius 3 is 2.59 bits per heavy atom. The van der Waals surface area contributed by atoms with Gasteiger partial charge in [-0.3, -0.25) is 9.69 Å². The van der Waals surface area contributed by atoms with Crippen LogP contribution in [0.2, 0.25) is 0 Å². The van der Waals surface area contributed by atoms with Gasteiger partial charge in [-0.05, 0) is 26.2 Å². The number of nitrogens with one attached hydrogen (secondary N) is 1. The predicted octanol–water partition coefficient (Wildman–Crippen LogP) is 2.31. The Morgan fingerprint density at radius 1 is 1.33 bits per heavy atom. The monoisotopic (exact) mass is 414 g/mol. The fourth-order valence-corrected chi connectivity index (χ4v) is 5.19. The van der Waals surface area contributed by atoms with Crippen molar-refractivity contribution in [3.63, 3.8) is 0 Å². The predicted molar refractivity (Wildman–Crippen MR) is 111 cm³/mol. The van der Waals surface area contributed by atoms with Crippen LogP contribution in [0, 0.1) is 6.92 Å². The van der Waals surface area contributed by atoms with Gasteiger partial charge in [0, 0.05) is 67.8 Å². The van der Waals surface area contributed by atoms with Crippen LogP contribution in [-0.2, 0) is 11.2 Å². The van der Waals surface area contributed by atoms with Crippen LogP contribution < -0.4 is 5.32 Å². The van der Waals surface area contributed by atoms with Crippen LogP contribution in [0.1, 0.15) is 30.0 Å². The summed E-state index contributed by atoms with van der Waals surface area (Å²) < 4.78 is 0. The van der Waals surface area contributed by atoms with Crippen molar-refractivity contribution in [1.29, 1.82) is 0 Å². The van der Waals surface area contributed by atoms with Gasteiger partial charge in [0.25, 0.3) is 6.47 Å². The van der Waals surface area contributed by atoms with E-state index in [0.29, 0.717) is 6.04 Å². The van der Waals surface area contributed by atoms with E-state index >= 15 is 0 Å². The second-order valence-corrected chi connectivity index (χ2v) is 8.86. The molecular weight excluding hydrogens is 384 g/mol. The normalized spacial score (nSPS) is 18.5. The van der Waals surface area contributed by atoms with Crippen molar-refractivity contribution in [3.05, 3.63) is 16.1 Å². The van der Waals surface area contributed by atoms with Crippen molar-refractivity contribution in [2.75, 3.05) is 44.2 Å². The summed E-state index contributed by atoms with van der Waals surface area (Å²) in [6, 6.07) is 0.793. The van der Waals surface area contributed by atoms with Crippen molar-refractivity contribution >= 4 is 35.6 Å². The highest BCUT2D eigenvalue weighted by Crippen LogP contribution is 2.20. The Balaban J connectivity index is 0.000000817. The lowest BCUT2D eigenvalue weighted by atomic mass is 10.0. The average molecular weight is 415 g/mol. The number of carbonyl (C=O) groups excluding carboxylic acids is 1. The average Bonchev–Trinajstić information content (AvgIpc) is 3.12. The molecule has 3 rings (SSSR count). The standard InChI is InChI=1S/C17H28N4OS2.CH2O2/c1-14-13-24-16(19-14)3-2-6-18-17(22)21-7-4-15(5-8-21)20-9-11-23-12-10-20;2-1-3/h13,15H,2-12H2,1H3,(H,18,22);1H,(H,2,3). The molecule has 1 aromatic heterocycles. The van der Waals surface area contributed by atoms with E-state index in [1.54, 1.807) is 11.3 Å². The molecule has 2 aliphatic rings. The van der Waals surface area contributed by atoms with E-state index in [-0.39, 0.29) is 12.5 Å².